The lowest BCUT2D eigenvalue weighted by Gasteiger charge is -2.15. The molecule has 0 spiro atoms. The lowest BCUT2D eigenvalue weighted by atomic mass is 10.0. The first kappa shape index (κ1) is 87.9. The number of hydrogen-bond donors (Lipinski definition) is 1. The quantitative estimate of drug-likeness (QED) is 0.0373. The van der Waals surface area contributed by atoms with Crippen LogP contribution in [-0.2, 0) is 19.1 Å². The molecule has 0 amide bonds. The summed E-state index contributed by atoms with van der Waals surface area (Å²) in [7, 11) is 0. The lowest BCUT2D eigenvalue weighted by molar-refractivity contribution is -0.161. The maximum Gasteiger partial charge on any atom is 0.306 e. The van der Waals surface area contributed by atoms with Crippen molar-refractivity contribution < 1.29 is 24.2 Å². The van der Waals surface area contributed by atoms with Crippen LogP contribution in [0, 0.1) is 0 Å². The zero-order chi connectivity index (χ0) is 64.7. The zero-order valence-corrected chi connectivity index (χ0v) is 61.2. The van der Waals surface area contributed by atoms with E-state index in [1.807, 2.05) is 0 Å². The van der Waals surface area contributed by atoms with Crippen molar-refractivity contribution in [3.63, 3.8) is 0 Å². The highest BCUT2D eigenvalue weighted by atomic mass is 16.6. The van der Waals surface area contributed by atoms with Crippen molar-refractivity contribution in [3.05, 3.63) is 48.6 Å². The van der Waals surface area contributed by atoms with Gasteiger partial charge in [-0.3, -0.25) is 9.59 Å². The number of allylic oxidation sites excluding steroid dienone is 8. The molecule has 0 aromatic carbocycles. The number of carbonyl (C=O) groups excluding carboxylic acids is 2. The molecule has 0 saturated carbocycles. The molecule has 0 rings (SSSR count). The van der Waals surface area contributed by atoms with Gasteiger partial charge < -0.3 is 14.6 Å². The van der Waals surface area contributed by atoms with Gasteiger partial charge in [-0.25, -0.2) is 0 Å². The maximum atomic E-state index is 12.4. The van der Waals surface area contributed by atoms with Gasteiger partial charge in [-0.1, -0.05) is 422 Å². The average Bonchev–Trinajstić information content (AvgIpc) is 3.62. The molecule has 90 heavy (non-hydrogen) atoms. The largest absolute Gasteiger partial charge is 0.462 e. The van der Waals surface area contributed by atoms with Crippen LogP contribution in [0.5, 0.6) is 0 Å². The van der Waals surface area contributed by atoms with Gasteiger partial charge in [-0.15, -0.1) is 0 Å². The monoisotopic (exact) mass is 1260 g/mol. The Balaban J connectivity index is 3.36. The summed E-state index contributed by atoms with van der Waals surface area (Å²) >= 11 is 0. The van der Waals surface area contributed by atoms with E-state index in [4.69, 9.17) is 9.47 Å². The Kier molecular flexibility index (Phi) is 79.2. The second kappa shape index (κ2) is 81.1. The first-order valence-electron chi connectivity index (χ1n) is 41.2. The fourth-order valence-electron chi connectivity index (χ4n) is 12.9. The van der Waals surface area contributed by atoms with Crippen molar-refractivity contribution in [1.82, 2.24) is 0 Å². The zero-order valence-electron chi connectivity index (χ0n) is 61.2. The van der Waals surface area contributed by atoms with Gasteiger partial charge in [0.25, 0.3) is 0 Å². The molecular weight excluding hydrogens is 1100 g/mol. The molecule has 0 fully saturated rings. The molecule has 0 aliphatic carbocycles. The number of aliphatic hydroxyl groups excluding tert-OH is 1. The van der Waals surface area contributed by atoms with Gasteiger partial charge in [0.05, 0.1) is 6.61 Å². The highest BCUT2D eigenvalue weighted by Crippen LogP contribution is 2.20. The molecule has 5 nitrogen and oxygen atoms in total. The predicted molar refractivity (Wildman–Crippen MR) is 399 cm³/mol. The van der Waals surface area contributed by atoms with Crippen LogP contribution in [0.2, 0.25) is 0 Å². The molecule has 0 radical (unpaired) electrons. The molecule has 0 saturated heterocycles. The molecule has 0 bridgehead atoms. The standard InChI is InChI=1S/C85H160O5/c1-3-5-7-9-11-13-15-17-19-21-23-25-27-29-31-33-35-37-39-41-42-44-45-47-49-51-53-55-57-59-61-63-65-67-69-71-73-75-77-79-84(87)89-82-83(81-86)90-85(88)80-78-76-74-72-70-68-66-64-62-60-58-56-54-52-50-48-46-43-40-38-36-34-32-30-28-26-24-22-20-18-16-14-12-10-8-6-4-2/h16,18,21-24,28,30,83,86H,3-15,17,19-20,25-27,29,31-82H2,1-2H3/b18-16-,23-21-,24-22-,30-28-. The Morgan fingerprint density at radius 2 is 0.444 bits per heavy atom. The number of hydrogen-bond acceptors (Lipinski definition) is 5. The summed E-state index contributed by atoms with van der Waals surface area (Å²) in [6, 6.07) is 0. The third-order valence-electron chi connectivity index (χ3n) is 19.1. The summed E-state index contributed by atoms with van der Waals surface area (Å²) in [5.41, 5.74) is 0. The van der Waals surface area contributed by atoms with E-state index in [2.05, 4.69) is 62.5 Å². The minimum atomic E-state index is -0.771. The number of carbonyl (C=O) groups is 2. The summed E-state index contributed by atoms with van der Waals surface area (Å²) < 4.78 is 10.8. The van der Waals surface area contributed by atoms with Gasteiger partial charge in [0.2, 0.25) is 0 Å². The lowest BCUT2D eigenvalue weighted by Crippen LogP contribution is -2.28. The van der Waals surface area contributed by atoms with E-state index < -0.39 is 6.10 Å². The van der Waals surface area contributed by atoms with Gasteiger partial charge in [-0.2, -0.15) is 0 Å². The fourth-order valence-corrected chi connectivity index (χ4v) is 12.9. The van der Waals surface area contributed by atoms with Crippen molar-refractivity contribution in [3.8, 4) is 0 Å². The first-order chi connectivity index (χ1) is 44.6. The van der Waals surface area contributed by atoms with Crippen LogP contribution in [-0.4, -0.2) is 36.4 Å². The van der Waals surface area contributed by atoms with E-state index >= 15 is 0 Å². The van der Waals surface area contributed by atoms with E-state index in [0.717, 1.165) is 44.9 Å². The maximum absolute atomic E-state index is 12.4. The molecule has 1 N–H and O–H groups in total. The van der Waals surface area contributed by atoms with Crippen molar-refractivity contribution >= 4 is 11.9 Å². The van der Waals surface area contributed by atoms with Crippen LogP contribution in [0.15, 0.2) is 48.6 Å². The molecule has 5 heteroatoms. The van der Waals surface area contributed by atoms with Crippen LogP contribution in [0.4, 0.5) is 0 Å². The first-order valence-corrected chi connectivity index (χ1v) is 41.2. The molecule has 0 heterocycles. The molecule has 1 unspecified atom stereocenters. The Hall–Kier alpha value is -2.14. The summed E-state index contributed by atoms with van der Waals surface area (Å²) in [4.78, 5) is 24.7. The number of ether oxygens (including phenoxy) is 2. The minimum absolute atomic E-state index is 0.0588. The average molecular weight is 1260 g/mol. The van der Waals surface area contributed by atoms with Crippen LogP contribution in [0.25, 0.3) is 0 Å². The van der Waals surface area contributed by atoms with Gasteiger partial charge in [0.15, 0.2) is 6.10 Å². The van der Waals surface area contributed by atoms with Crippen molar-refractivity contribution in [2.45, 2.75) is 469 Å². The third-order valence-corrected chi connectivity index (χ3v) is 19.1. The van der Waals surface area contributed by atoms with E-state index in [1.165, 1.54) is 392 Å². The second-order valence-electron chi connectivity index (χ2n) is 28.2. The highest BCUT2D eigenvalue weighted by Gasteiger charge is 2.16. The van der Waals surface area contributed by atoms with Crippen LogP contribution >= 0.6 is 0 Å². The predicted octanol–water partition coefficient (Wildman–Crippen LogP) is 29.0. The molecule has 0 aromatic heterocycles. The Morgan fingerprint density at radius 3 is 0.678 bits per heavy atom. The van der Waals surface area contributed by atoms with E-state index in [1.54, 1.807) is 0 Å². The molecule has 0 aliphatic rings. The summed E-state index contributed by atoms with van der Waals surface area (Å²) in [6.45, 7) is 4.20. The van der Waals surface area contributed by atoms with Gasteiger partial charge in [0.1, 0.15) is 6.61 Å². The summed E-state index contributed by atoms with van der Waals surface area (Å²) in [5.74, 6) is -0.562. The van der Waals surface area contributed by atoms with Crippen molar-refractivity contribution in [2.75, 3.05) is 13.2 Å². The number of aliphatic hydroxyl groups is 1. The summed E-state index contributed by atoms with van der Waals surface area (Å²) in [6.07, 6.45) is 111. The molecular formula is C85H160O5. The van der Waals surface area contributed by atoms with Crippen molar-refractivity contribution in [2.24, 2.45) is 0 Å². The fraction of sp³-hybridized carbons (Fsp3) is 0.882. The number of esters is 2. The van der Waals surface area contributed by atoms with Crippen molar-refractivity contribution in [1.29, 1.82) is 0 Å². The third kappa shape index (κ3) is 78.3. The van der Waals surface area contributed by atoms with E-state index in [-0.39, 0.29) is 25.2 Å². The SMILES string of the molecule is CCCCCCC/C=C\C/C=C\C/C=C\CCCCCCCCCCCCCCCCCCCCCCCCC(=O)OC(CO)COC(=O)CCCCCCCCCCCCCCCCCCCCCCCCCCCCC/C=C\CCCCCCCCCC. The topological polar surface area (TPSA) is 72.8 Å². The second-order valence-corrected chi connectivity index (χ2v) is 28.2. The Morgan fingerprint density at radius 1 is 0.256 bits per heavy atom. The van der Waals surface area contributed by atoms with Gasteiger partial charge in [-0.05, 0) is 77.0 Å². The van der Waals surface area contributed by atoms with E-state index in [0.29, 0.717) is 12.8 Å². The number of unbranched alkanes of at least 4 members (excludes halogenated alkanes) is 62. The van der Waals surface area contributed by atoms with Gasteiger partial charge >= 0.3 is 11.9 Å². The molecule has 1 atom stereocenters. The normalized spacial score (nSPS) is 12.3. The van der Waals surface area contributed by atoms with E-state index in [9.17, 15) is 14.7 Å². The highest BCUT2D eigenvalue weighted by molar-refractivity contribution is 5.70. The van der Waals surface area contributed by atoms with Gasteiger partial charge in [0, 0.05) is 12.8 Å². The summed E-state index contributed by atoms with van der Waals surface area (Å²) in [5, 5.41) is 9.73. The molecule has 0 aromatic rings. The Labute approximate surface area is 564 Å². The number of rotatable bonds is 78. The smallest absolute Gasteiger partial charge is 0.306 e. The van der Waals surface area contributed by atoms with Crippen LogP contribution < -0.4 is 0 Å². The van der Waals surface area contributed by atoms with Crippen LogP contribution in [0.1, 0.15) is 463 Å². The molecule has 530 valence electrons. The Bertz CT molecular complexity index is 1480. The van der Waals surface area contributed by atoms with Crippen LogP contribution in [0.3, 0.4) is 0 Å². The minimum Gasteiger partial charge on any atom is -0.462 e. The molecule has 0 aliphatic heterocycles.